The van der Waals surface area contributed by atoms with Crippen LogP contribution in [0.25, 0.3) is 11.4 Å². The maximum atomic E-state index is 12.7. The Hall–Kier alpha value is -3.35. The van der Waals surface area contributed by atoms with Gasteiger partial charge >= 0.3 is 0 Å². The van der Waals surface area contributed by atoms with Gasteiger partial charge in [-0.3, -0.25) is 4.79 Å². The fraction of sp³-hybridized carbons (Fsp3) is 0.400. The molecule has 2 aromatic carbocycles. The molecule has 0 unspecified atom stereocenters. The van der Waals surface area contributed by atoms with E-state index in [0.29, 0.717) is 24.6 Å². The van der Waals surface area contributed by atoms with E-state index in [1.54, 1.807) is 0 Å². The number of hydrogen-bond acceptors (Lipinski definition) is 6. The summed E-state index contributed by atoms with van der Waals surface area (Å²) in [5.41, 5.74) is 5.82. The summed E-state index contributed by atoms with van der Waals surface area (Å²) < 4.78 is 5.38. The van der Waals surface area contributed by atoms with Crippen LogP contribution in [0.2, 0.25) is 0 Å². The van der Waals surface area contributed by atoms with Crippen molar-refractivity contribution >= 4 is 17.3 Å². The van der Waals surface area contributed by atoms with E-state index in [-0.39, 0.29) is 5.91 Å². The average molecular weight is 434 g/mol. The maximum Gasteiger partial charge on any atom is 0.227 e. The summed E-state index contributed by atoms with van der Waals surface area (Å²) >= 11 is 0. The molecule has 1 amide bonds. The van der Waals surface area contributed by atoms with Crippen LogP contribution in [0.4, 0.5) is 11.4 Å². The fourth-order valence-corrected chi connectivity index (χ4v) is 4.01. The van der Waals surface area contributed by atoms with Gasteiger partial charge < -0.3 is 19.2 Å². The number of carbonyl (C=O) groups is 1. The fourth-order valence-electron chi connectivity index (χ4n) is 4.01. The van der Waals surface area contributed by atoms with Gasteiger partial charge in [-0.2, -0.15) is 4.98 Å². The lowest BCUT2D eigenvalue weighted by molar-refractivity contribution is -0.131. The maximum absolute atomic E-state index is 12.7. The summed E-state index contributed by atoms with van der Waals surface area (Å²) in [7, 11) is 4.00. The third-order valence-electron chi connectivity index (χ3n) is 6.00. The molecule has 1 fully saturated rings. The predicted octanol–water partition coefficient (Wildman–Crippen LogP) is 3.70. The van der Waals surface area contributed by atoms with E-state index >= 15 is 0 Å². The number of anilines is 2. The second-order valence-electron chi connectivity index (χ2n) is 8.61. The zero-order valence-electron chi connectivity index (χ0n) is 19.3. The molecular formula is C25H31N5O2. The van der Waals surface area contributed by atoms with Gasteiger partial charge in [-0.05, 0) is 55.3 Å². The van der Waals surface area contributed by atoms with Gasteiger partial charge in [0.1, 0.15) is 0 Å². The standard InChI is InChI=1S/C25H31N5O2/c1-18-5-6-19(2)22(17-18)29-13-15-30(16-14-29)24(31)12-11-23-26-25(27-32-23)20-7-9-21(10-8-20)28(3)4/h5-10,17H,11-16H2,1-4H3. The third-order valence-corrected chi connectivity index (χ3v) is 6.00. The zero-order valence-corrected chi connectivity index (χ0v) is 19.3. The summed E-state index contributed by atoms with van der Waals surface area (Å²) in [4.78, 5) is 23.6. The number of rotatable bonds is 6. The van der Waals surface area contributed by atoms with Crippen LogP contribution in [-0.4, -0.2) is 61.2 Å². The van der Waals surface area contributed by atoms with Crippen molar-refractivity contribution in [3.8, 4) is 11.4 Å². The van der Waals surface area contributed by atoms with Gasteiger partial charge in [0, 0.05) is 70.1 Å². The highest BCUT2D eigenvalue weighted by Gasteiger charge is 2.22. The highest BCUT2D eigenvalue weighted by molar-refractivity contribution is 5.76. The molecule has 7 heteroatoms. The van der Waals surface area contributed by atoms with Crippen LogP contribution in [0, 0.1) is 13.8 Å². The first kappa shape index (κ1) is 21.9. The van der Waals surface area contributed by atoms with Gasteiger partial charge in [0.15, 0.2) is 0 Å². The van der Waals surface area contributed by atoms with Gasteiger partial charge in [0.25, 0.3) is 0 Å². The van der Waals surface area contributed by atoms with Gasteiger partial charge in [-0.15, -0.1) is 0 Å². The lowest BCUT2D eigenvalue weighted by Crippen LogP contribution is -2.49. The van der Waals surface area contributed by atoms with Crippen LogP contribution in [-0.2, 0) is 11.2 Å². The van der Waals surface area contributed by atoms with Crippen LogP contribution in [0.5, 0.6) is 0 Å². The van der Waals surface area contributed by atoms with Crippen LogP contribution in [0.1, 0.15) is 23.4 Å². The monoisotopic (exact) mass is 433 g/mol. The zero-order chi connectivity index (χ0) is 22.7. The summed E-state index contributed by atoms with van der Waals surface area (Å²) in [5.74, 6) is 1.19. The highest BCUT2D eigenvalue weighted by atomic mass is 16.5. The second-order valence-corrected chi connectivity index (χ2v) is 8.61. The number of hydrogen-bond donors (Lipinski definition) is 0. The number of amides is 1. The number of benzene rings is 2. The molecule has 2 heterocycles. The lowest BCUT2D eigenvalue weighted by Gasteiger charge is -2.37. The Morgan fingerprint density at radius 3 is 2.44 bits per heavy atom. The molecule has 1 aliphatic rings. The second kappa shape index (κ2) is 9.42. The molecule has 7 nitrogen and oxygen atoms in total. The van der Waals surface area contributed by atoms with Crippen LogP contribution in [0.3, 0.4) is 0 Å². The minimum Gasteiger partial charge on any atom is -0.378 e. The number of carbonyl (C=O) groups excluding carboxylic acids is 1. The predicted molar refractivity (Wildman–Crippen MR) is 127 cm³/mol. The van der Waals surface area contributed by atoms with E-state index in [0.717, 1.165) is 37.4 Å². The Morgan fingerprint density at radius 1 is 1.03 bits per heavy atom. The van der Waals surface area contributed by atoms with Gasteiger partial charge in [0.05, 0.1) is 0 Å². The summed E-state index contributed by atoms with van der Waals surface area (Å²) in [5, 5.41) is 4.08. The first-order valence-electron chi connectivity index (χ1n) is 11.1. The van der Waals surface area contributed by atoms with Crippen LogP contribution < -0.4 is 9.80 Å². The van der Waals surface area contributed by atoms with Crippen molar-refractivity contribution in [1.29, 1.82) is 0 Å². The number of nitrogens with zero attached hydrogens (tertiary/aromatic N) is 5. The van der Waals surface area contributed by atoms with Gasteiger partial charge in [0.2, 0.25) is 17.6 Å². The molecule has 0 spiro atoms. The Bertz CT molecular complexity index is 1070. The van der Waals surface area contributed by atoms with Crippen molar-refractivity contribution in [1.82, 2.24) is 15.0 Å². The molecule has 0 atom stereocenters. The molecule has 1 saturated heterocycles. The van der Waals surface area contributed by atoms with E-state index in [4.69, 9.17) is 4.52 Å². The van der Waals surface area contributed by atoms with Crippen LogP contribution >= 0.6 is 0 Å². The van der Waals surface area contributed by atoms with E-state index in [1.165, 1.54) is 16.8 Å². The molecule has 4 rings (SSSR count). The van der Waals surface area contributed by atoms with Gasteiger partial charge in [-0.1, -0.05) is 17.3 Å². The molecular weight excluding hydrogens is 402 g/mol. The Balaban J connectivity index is 1.29. The normalized spacial score (nSPS) is 14.0. The Morgan fingerprint density at radius 2 is 1.75 bits per heavy atom. The van der Waals surface area contributed by atoms with Crippen LogP contribution in [0.15, 0.2) is 47.0 Å². The van der Waals surface area contributed by atoms with Crippen molar-refractivity contribution in [2.45, 2.75) is 26.7 Å². The van der Waals surface area contributed by atoms with E-state index in [2.05, 4.69) is 47.1 Å². The molecule has 0 N–H and O–H groups in total. The molecule has 0 bridgehead atoms. The molecule has 0 aliphatic carbocycles. The first-order valence-corrected chi connectivity index (χ1v) is 11.1. The SMILES string of the molecule is Cc1ccc(C)c(N2CCN(C(=O)CCc3nc(-c4ccc(N(C)C)cc4)no3)CC2)c1. The third kappa shape index (κ3) is 4.93. The Labute approximate surface area is 189 Å². The quantitative estimate of drug-likeness (QED) is 0.591. The number of piperazine rings is 1. The van der Waals surface area contributed by atoms with Crippen molar-refractivity contribution in [3.63, 3.8) is 0 Å². The average Bonchev–Trinajstić information content (AvgIpc) is 3.28. The minimum atomic E-state index is 0.140. The van der Waals surface area contributed by atoms with E-state index in [9.17, 15) is 4.79 Å². The van der Waals surface area contributed by atoms with E-state index < -0.39 is 0 Å². The summed E-state index contributed by atoms with van der Waals surface area (Å²) in [6, 6.07) is 14.5. The largest absolute Gasteiger partial charge is 0.378 e. The number of aromatic nitrogens is 2. The van der Waals surface area contributed by atoms with Crippen molar-refractivity contribution in [3.05, 3.63) is 59.5 Å². The molecule has 32 heavy (non-hydrogen) atoms. The summed E-state index contributed by atoms with van der Waals surface area (Å²) in [6.45, 7) is 7.43. The van der Waals surface area contributed by atoms with E-state index in [1.807, 2.05) is 48.2 Å². The van der Waals surface area contributed by atoms with Crippen molar-refractivity contribution in [2.75, 3.05) is 50.1 Å². The molecule has 1 aromatic heterocycles. The molecule has 3 aromatic rings. The molecule has 1 aliphatic heterocycles. The number of aryl methyl sites for hydroxylation is 3. The topological polar surface area (TPSA) is 65.7 Å². The van der Waals surface area contributed by atoms with Gasteiger partial charge in [-0.25, -0.2) is 0 Å². The Kier molecular flexibility index (Phi) is 6.44. The molecule has 0 radical (unpaired) electrons. The first-order chi connectivity index (χ1) is 15.4. The summed E-state index contributed by atoms with van der Waals surface area (Å²) in [6.07, 6.45) is 0.837. The molecule has 168 valence electrons. The lowest BCUT2D eigenvalue weighted by atomic mass is 10.1. The minimum absolute atomic E-state index is 0.140. The smallest absolute Gasteiger partial charge is 0.227 e. The highest BCUT2D eigenvalue weighted by Crippen LogP contribution is 2.23. The van der Waals surface area contributed by atoms with Crippen molar-refractivity contribution < 1.29 is 9.32 Å². The van der Waals surface area contributed by atoms with Crippen molar-refractivity contribution in [2.24, 2.45) is 0 Å². The molecule has 0 saturated carbocycles.